The highest BCUT2D eigenvalue weighted by Crippen LogP contribution is 2.43. The number of hydrogen-bond acceptors (Lipinski definition) is 7. The molecule has 0 atom stereocenters. The van der Waals surface area contributed by atoms with Crippen LogP contribution in [0, 0.1) is 0 Å². The molecule has 0 saturated heterocycles. The Morgan fingerprint density at radius 3 is 2.46 bits per heavy atom. The lowest BCUT2D eigenvalue weighted by atomic mass is 9.95. The zero-order valence-electron chi connectivity index (χ0n) is 15.9. The first-order chi connectivity index (χ1) is 13.8. The van der Waals surface area contributed by atoms with E-state index in [2.05, 4.69) is 9.97 Å². The SMILES string of the molecule is COc1cc(-c2ncncc2-c2cccc3c2COCO3)cc(OC)c1OC. The van der Waals surface area contributed by atoms with Crippen LogP contribution in [0.5, 0.6) is 23.0 Å². The van der Waals surface area contributed by atoms with Gasteiger partial charge < -0.3 is 23.7 Å². The molecule has 2 aromatic carbocycles. The van der Waals surface area contributed by atoms with Crippen LogP contribution in [0.25, 0.3) is 22.4 Å². The van der Waals surface area contributed by atoms with Gasteiger partial charge in [0, 0.05) is 22.9 Å². The highest BCUT2D eigenvalue weighted by Gasteiger charge is 2.21. The number of fused-ring (bicyclic) bond motifs is 1. The van der Waals surface area contributed by atoms with Crippen LogP contribution in [0.3, 0.4) is 0 Å². The molecule has 1 aliphatic heterocycles. The van der Waals surface area contributed by atoms with Crippen LogP contribution >= 0.6 is 0 Å². The van der Waals surface area contributed by atoms with E-state index in [4.69, 9.17) is 23.7 Å². The Morgan fingerprint density at radius 1 is 0.964 bits per heavy atom. The Hall–Kier alpha value is -3.32. The molecule has 0 amide bonds. The van der Waals surface area contributed by atoms with E-state index in [0.717, 1.165) is 33.7 Å². The average molecular weight is 380 g/mol. The van der Waals surface area contributed by atoms with Crippen LogP contribution in [-0.2, 0) is 11.3 Å². The Labute approximate surface area is 162 Å². The number of nitrogens with zero attached hydrogens (tertiary/aromatic N) is 2. The summed E-state index contributed by atoms with van der Waals surface area (Å²) in [4.78, 5) is 8.77. The van der Waals surface area contributed by atoms with Crippen molar-refractivity contribution in [1.29, 1.82) is 0 Å². The minimum atomic E-state index is 0.251. The molecule has 0 saturated carbocycles. The third kappa shape index (κ3) is 3.10. The number of rotatable bonds is 5. The second kappa shape index (κ2) is 7.74. The van der Waals surface area contributed by atoms with Crippen LogP contribution in [0.1, 0.15) is 5.56 Å². The van der Waals surface area contributed by atoms with Gasteiger partial charge in [-0.15, -0.1) is 0 Å². The van der Waals surface area contributed by atoms with Crippen molar-refractivity contribution in [1.82, 2.24) is 9.97 Å². The van der Waals surface area contributed by atoms with E-state index in [0.29, 0.717) is 23.9 Å². The van der Waals surface area contributed by atoms with Gasteiger partial charge in [-0.1, -0.05) is 12.1 Å². The van der Waals surface area contributed by atoms with Crippen LogP contribution in [0.4, 0.5) is 0 Å². The molecule has 0 unspecified atom stereocenters. The highest BCUT2D eigenvalue weighted by atomic mass is 16.7. The zero-order valence-corrected chi connectivity index (χ0v) is 15.9. The molecule has 0 N–H and O–H groups in total. The van der Waals surface area contributed by atoms with Gasteiger partial charge in [-0.25, -0.2) is 9.97 Å². The van der Waals surface area contributed by atoms with E-state index >= 15 is 0 Å². The van der Waals surface area contributed by atoms with E-state index in [1.54, 1.807) is 27.5 Å². The molecular formula is C21H20N2O5. The number of aromatic nitrogens is 2. The minimum absolute atomic E-state index is 0.251. The predicted octanol–water partition coefficient (Wildman–Crippen LogP) is 3.70. The first kappa shape index (κ1) is 18.1. The minimum Gasteiger partial charge on any atom is -0.493 e. The molecular weight excluding hydrogens is 360 g/mol. The Morgan fingerprint density at radius 2 is 1.75 bits per heavy atom. The summed E-state index contributed by atoms with van der Waals surface area (Å²) >= 11 is 0. The lowest BCUT2D eigenvalue weighted by molar-refractivity contribution is -0.0160. The maximum atomic E-state index is 5.61. The fourth-order valence-electron chi connectivity index (χ4n) is 3.33. The van der Waals surface area contributed by atoms with Crippen LogP contribution < -0.4 is 18.9 Å². The van der Waals surface area contributed by atoms with Gasteiger partial charge in [-0.2, -0.15) is 0 Å². The smallest absolute Gasteiger partial charge is 0.203 e. The van der Waals surface area contributed by atoms with Crippen molar-refractivity contribution in [2.24, 2.45) is 0 Å². The summed E-state index contributed by atoms with van der Waals surface area (Å²) in [6, 6.07) is 9.64. The molecule has 28 heavy (non-hydrogen) atoms. The molecule has 7 nitrogen and oxygen atoms in total. The van der Waals surface area contributed by atoms with E-state index in [9.17, 15) is 0 Å². The summed E-state index contributed by atoms with van der Waals surface area (Å²) in [6.07, 6.45) is 3.31. The molecule has 0 radical (unpaired) electrons. The Bertz CT molecular complexity index is 981. The van der Waals surface area contributed by atoms with Crippen molar-refractivity contribution >= 4 is 0 Å². The van der Waals surface area contributed by atoms with Gasteiger partial charge in [0.15, 0.2) is 18.3 Å². The van der Waals surface area contributed by atoms with Crippen molar-refractivity contribution in [3.63, 3.8) is 0 Å². The second-order valence-electron chi connectivity index (χ2n) is 6.09. The molecule has 1 aliphatic rings. The topological polar surface area (TPSA) is 71.9 Å². The van der Waals surface area contributed by atoms with Gasteiger partial charge in [0.25, 0.3) is 0 Å². The molecule has 0 aliphatic carbocycles. The zero-order chi connectivity index (χ0) is 19.5. The third-order valence-electron chi connectivity index (χ3n) is 4.62. The first-order valence-corrected chi connectivity index (χ1v) is 8.70. The molecule has 0 spiro atoms. The van der Waals surface area contributed by atoms with Crippen LogP contribution in [-0.4, -0.2) is 38.1 Å². The lowest BCUT2D eigenvalue weighted by Crippen LogP contribution is -2.12. The van der Waals surface area contributed by atoms with E-state index in [1.165, 1.54) is 6.33 Å². The molecule has 1 aromatic heterocycles. The van der Waals surface area contributed by atoms with Crippen molar-refractivity contribution in [3.05, 3.63) is 48.4 Å². The fraction of sp³-hybridized carbons (Fsp3) is 0.238. The number of benzene rings is 2. The molecule has 4 rings (SSSR count). The predicted molar refractivity (Wildman–Crippen MR) is 103 cm³/mol. The molecule has 144 valence electrons. The molecule has 7 heteroatoms. The van der Waals surface area contributed by atoms with Gasteiger partial charge >= 0.3 is 0 Å². The van der Waals surface area contributed by atoms with Crippen molar-refractivity contribution in [2.45, 2.75) is 6.61 Å². The van der Waals surface area contributed by atoms with Crippen molar-refractivity contribution in [3.8, 4) is 45.4 Å². The largest absolute Gasteiger partial charge is 0.493 e. The van der Waals surface area contributed by atoms with Crippen molar-refractivity contribution in [2.75, 3.05) is 28.1 Å². The highest BCUT2D eigenvalue weighted by molar-refractivity contribution is 5.84. The van der Waals surface area contributed by atoms with Crippen molar-refractivity contribution < 1.29 is 23.7 Å². The summed E-state index contributed by atoms with van der Waals surface area (Å²) in [6.45, 7) is 0.719. The normalized spacial score (nSPS) is 12.7. The third-order valence-corrected chi connectivity index (χ3v) is 4.62. The summed E-state index contributed by atoms with van der Waals surface area (Å²) in [5.74, 6) is 2.46. The van der Waals surface area contributed by atoms with Gasteiger partial charge in [-0.3, -0.25) is 0 Å². The molecule has 0 fully saturated rings. The van der Waals surface area contributed by atoms with Gasteiger partial charge in [0.2, 0.25) is 5.75 Å². The number of ether oxygens (including phenoxy) is 5. The number of hydrogen-bond donors (Lipinski definition) is 0. The second-order valence-corrected chi connectivity index (χ2v) is 6.09. The Balaban J connectivity index is 1.91. The Kier molecular flexibility index (Phi) is 4.99. The maximum absolute atomic E-state index is 5.61. The number of methoxy groups -OCH3 is 3. The van der Waals surface area contributed by atoms with Crippen LogP contribution in [0.15, 0.2) is 42.9 Å². The van der Waals surface area contributed by atoms with Gasteiger partial charge in [0.1, 0.15) is 12.1 Å². The molecule has 2 heterocycles. The summed E-state index contributed by atoms with van der Waals surface area (Å²) in [5.41, 5.74) is 4.36. The van der Waals surface area contributed by atoms with Gasteiger partial charge in [0.05, 0.1) is 33.6 Å². The van der Waals surface area contributed by atoms with Crippen LogP contribution in [0.2, 0.25) is 0 Å². The lowest BCUT2D eigenvalue weighted by Gasteiger charge is -2.21. The average Bonchev–Trinajstić information content (AvgIpc) is 2.77. The summed E-state index contributed by atoms with van der Waals surface area (Å²) in [7, 11) is 4.75. The monoisotopic (exact) mass is 380 g/mol. The summed E-state index contributed by atoms with van der Waals surface area (Å²) < 4.78 is 27.5. The standard InChI is InChI=1S/C21H20N2O5/c1-24-18-7-13(8-19(25-2)21(18)26-3)20-15(9-22-11-23-20)14-5-4-6-17-16(14)10-27-12-28-17/h4-9,11H,10,12H2,1-3H3. The molecule has 3 aromatic rings. The van der Waals surface area contributed by atoms with E-state index < -0.39 is 0 Å². The van der Waals surface area contributed by atoms with Gasteiger partial charge in [-0.05, 0) is 23.8 Å². The summed E-state index contributed by atoms with van der Waals surface area (Å²) in [5, 5.41) is 0. The quantitative estimate of drug-likeness (QED) is 0.668. The first-order valence-electron chi connectivity index (χ1n) is 8.70. The van der Waals surface area contributed by atoms with E-state index in [1.807, 2.05) is 30.3 Å². The maximum Gasteiger partial charge on any atom is 0.203 e. The fourth-order valence-corrected chi connectivity index (χ4v) is 3.33. The molecule has 0 bridgehead atoms. The van der Waals surface area contributed by atoms with E-state index in [-0.39, 0.29) is 6.79 Å².